The Kier molecular flexibility index (Phi) is 4.92. The van der Waals surface area contributed by atoms with Gasteiger partial charge in [0.2, 0.25) is 0 Å². The summed E-state index contributed by atoms with van der Waals surface area (Å²) in [6, 6.07) is 6.01. The fourth-order valence-corrected chi connectivity index (χ4v) is 2.19. The van der Waals surface area contributed by atoms with E-state index in [1.165, 1.54) is 0 Å². The lowest BCUT2D eigenvalue weighted by molar-refractivity contribution is 0.144. The topological polar surface area (TPSA) is 65.6 Å². The molecule has 1 fully saturated rings. The Labute approximate surface area is 108 Å². The molecule has 0 bridgehead atoms. The van der Waals surface area contributed by atoms with E-state index >= 15 is 0 Å². The molecule has 0 aliphatic carbocycles. The van der Waals surface area contributed by atoms with Gasteiger partial charge in [-0.05, 0) is 18.6 Å². The zero-order valence-corrected chi connectivity index (χ0v) is 10.7. The molecule has 18 heavy (non-hydrogen) atoms. The summed E-state index contributed by atoms with van der Waals surface area (Å²) in [5.41, 5.74) is 5.40. The van der Waals surface area contributed by atoms with E-state index in [0.717, 1.165) is 45.0 Å². The van der Waals surface area contributed by atoms with Crippen LogP contribution in [0.3, 0.4) is 0 Å². The van der Waals surface area contributed by atoms with Gasteiger partial charge >= 0.3 is 0 Å². The number of aromatic nitrogens is 1. The van der Waals surface area contributed by atoms with Gasteiger partial charge in [-0.1, -0.05) is 6.07 Å². The zero-order valence-electron chi connectivity index (χ0n) is 10.7. The number of hydrogen-bond donors (Lipinski definition) is 2. The molecule has 3 N–H and O–H groups in total. The Balaban J connectivity index is 1.75. The molecule has 1 unspecified atom stereocenters. The van der Waals surface area contributed by atoms with E-state index in [4.69, 9.17) is 5.73 Å². The van der Waals surface area contributed by atoms with E-state index < -0.39 is 0 Å². The van der Waals surface area contributed by atoms with Crippen LogP contribution in [0.2, 0.25) is 0 Å². The van der Waals surface area contributed by atoms with Gasteiger partial charge < -0.3 is 15.7 Å². The minimum Gasteiger partial charge on any atom is -0.392 e. The number of rotatable bonds is 5. The first kappa shape index (κ1) is 13.3. The minimum absolute atomic E-state index is 0.355. The molecule has 2 heterocycles. The largest absolute Gasteiger partial charge is 0.392 e. The van der Waals surface area contributed by atoms with Crippen LogP contribution < -0.4 is 10.6 Å². The molecule has 1 aromatic heterocycles. The SMILES string of the molecule is NCC(O)CCN1CCN(c2ccccn2)CC1. The molecule has 0 saturated carbocycles. The minimum atomic E-state index is -0.362. The number of nitrogens with two attached hydrogens (primary N) is 1. The maximum atomic E-state index is 9.45. The molecule has 0 spiro atoms. The highest BCUT2D eigenvalue weighted by Gasteiger charge is 2.17. The maximum Gasteiger partial charge on any atom is 0.128 e. The van der Waals surface area contributed by atoms with E-state index in [1.807, 2.05) is 24.4 Å². The third-order valence-corrected chi connectivity index (χ3v) is 3.40. The number of aliphatic hydroxyl groups excluding tert-OH is 1. The van der Waals surface area contributed by atoms with Crippen molar-refractivity contribution in [3.05, 3.63) is 24.4 Å². The first-order valence-corrected chi connectivity index (χ1v) is 6.56. The summed E-state index contributed by atoms with van der Waals surface area (Å²) in [5, 5.41) is 9.45. The molecule has 2 rings (SSSR count). The van der Waals surface area contributed by atoms with Crippen LogP contribution in [0.25, 0.3) is 0 Å². The molecule has 0 radical (unpaired) electrons. The maximum absolute atomic E-state index is 9.45. The Morgan fingerprint density at radius 2 is 2.06 bits per heavy atom. The van der Waals surface area contributed by atoms with Gasteiger partial charge in [-0.15, -0.1) is 0 Å². The highest BCUT2D eigenvalue weighted by molar-refractivity contribution is 5.38. The van der Waals surface area contributed by atoms with Crippen molar-refractivity contribution in [2.45, 2.75) is 12.5 Å². The van der Waals surface area contributed by atoms with Crippen LogP contribution in [0, 0.1) is 0 Å². The molecule has 1 aliphatic heterocycles. The fourth-order valence-electron chi connectivity index (χ4n) is 2.19. The zero-order chi connectivity index (χ0) is 12.8. The quantitative estimate of drug-likeness (QED) is 0.765. The average molecular weight is 250 g/mol. The summed E-state index contributed by atoms with van der Waals surface area (Å²) < 4.78 is 0. The highest BCUT2D eigenvalue weighted by Crippen LogP contribution is 2.12. The third-order valence-electron chi connectivity index (χ3n) is 3.40. The van der Waals surface area contributed by atoms with Gasteiger partial charge in [0.05, 0.1) is 6.10 Å². The summed E-state index contributed by atoms with van der Waals surface area (Å²) in [7, 11) is 0. The molecular weight excluding hydrogens is 228 g/mol. The van der Waals surface area contributed by atoms with Crippen LogP contribution in [-0.4, -0.2) is 60.4 Å². The van der Waals surface area contributed by atoms with Crippen molar-refractivity contribution in [3.63, 3.8) is 0 Å². The van der Waals surface area contributed by atoms with Crippen molar-refractivity contribution in [2.24, 2.45) is 5.73 Å². The molecule has 1 atom stereocenters. The second-order valence-electron chi connectivity index (χ2n) is 4.69. The van der Waals surface area contributed by atoms with Gasteiger partial charge in [-0.3, -0.25) is 4.90 Å². The van der Waals surface area contributed by atoms with Gasteiger partial charge in [0.25, 0.3) is 0 Å². The van der Waals surface area contributed by atoms with Crippen LogP contribution in [0.15, 0.2) is 24.4 Å². The molecule has 100 valence electrons. The molecule has 5 heteroatoms. The van der Waals surface area contributed by atoms with Gasteiger partial charge in [-0.2, -0.15) is 0 Å². The van der Waals surface area contributed by atoms with Crippen LogP contribution in [0.5, 0.6) is 0 Å². The van der Waals surface area contributed by atoms with E-state index in [1.54, 1.807) is 0 Å². The van der Waals surface area contributed by atoms with Crippen molar-refractivity contribution < 1.29 is 5.11 Å². The number of anilines is 1. The Morgan fingerprint density at radius 3 is 2.67 bits per heavy atom. The van der Waals surface area contributed by atoms with Crippen LogP contribution >= 0.6 is 0 Å². The molecule has 0 amide bonds. The molecule has 5 nitrogen and oxygen atoms in total. The van der Waals surface area contributed by atoms with Gasteiger partial charge in [0, 0.05) is 45.5 Å². The number of pyridine rings is 1. The van der Waals surface area contributed by atoms with E-state index in [9.17, 15) is 5.11 Å². The lowest BCUT2D eigenvalue weighted by Gasteiger charge is -2.35. The van der Waals surface area contributed by atoms with Gasteiger partial charge in [0.15, 0.2) is 0 Å². The smallest absolute Gasteiger partial charge is 0.128 e. The van der Waals surface area contributed by atoms with E-state index in [0.29, 0.717) is 6.54 Å². The summed E-state index contributed by atoms with van der Waals surface area (Å²) >= 11 is 0. The standard InChI is InChI=1S/C13H22N4O/c14-11-12(18)4-6-16-7-9-17(10-8-16)13-3-1-2-5-15-13/h1-3,5,12,18H,4,6-11,14H2. The third kappa shape index (κ3) is 3.66. The second-order valence-corrected chi connectivity index (χ2v) is 4.69. The van der Waals surface area contributed by atoms with Crippen LogP contribution in [0.1, 0.15) is 6.42 Å². The van der Waals surface area contributed by atoms with Crippen LogP contribution in [0.4, 0.5) is 5.82 Å². The van der Waals surface area contributed by atoms with Crippen molar-refractivity contribution in [3.8, 4) is 0 Å². The fraction of sp³-hybridized carbons (Fsp3) is 0.615. The summed E-state index contributed by atoms with van der Waals surface area (Å²) in [6.45, 7) is 5.32. The van der Waals surface area contributed by atoms with E-state index in [2.05, 4.69) is 14.8 Å². The second kappa shape index (κ2) is 6.68. The molecule has 1 aliphatic rings. The lowest BCUT2D eigenvalue weighted by atomic mass is 10.2. The van der Waals surface area contributed by atoms with E-state index in [-0.39, 0.29) is 6.10 Å². The molecule has 1 aromatic rings. The van der Waals surface area contributed by atoms with Crippen LogP contribution in [-0.2, 0) is 0 Å². The predicted octanol–water partition coefficient (Wildman–Crippen LogP) is -0.0867. The first-order chi connectivity index (χ1) is 8.79. The average Bonchev–Trinajstić information content (AvgIpc) is 2.46. The number of hydrogen-bond acceptors (Lipinski definition) is 5. The Hall–Kier alpha value is -1.17. The Morgan fingerprint density at radius 1 is 1.28 bits per heavy atom. The monoisotopic (exact) mass is 250 g/mol. The van der Waals surface area contributed by atoms with Crippen molar-refractivity contribution in [1.29, 1.82) is 0 Å². The Bertz CT molecular complexity index is 338. The number of aliphatic hydroxyl groups is 1. The normalized spacial score (nSPS) is 18.9. The lowest BCUT2D eigenvalue weighted by Crippen LogP contribution is -2.47. The van der Waals surface area contributed by atoms with Crippen molar-refractivity contribution in [2.75, 3.05) is 44.2 Å². The summed E-state index contributed by atoms with van der Waals surface area (Å²) in [5.74, 6) is 1.05. The molecule has 0 aromatic carbocycles. The van der Waals surface area contributed by atoms with Gasteiger partial charge in [0.1, 0.15) is 5.82 Å². The van der Waals surface area contributed by atoms with Crippen molar-refractivity contribution in [1.82, 2.24) is 9.88 Å². The highest BCUT2D eigenvalue weighted by atomic mass is 16.3. The first-order valence-electron chi connectivity index (χ1n) is 6.56. The molecule has 1 saturated heterocycles. The molecular formula is C13H22N4O. The van der Waals surface area contributed by atoms with Gasteiger partial charge in [-0.25, -0.2) is 4.98 Å². The number of nitrogens with zero attached hydrogens (tertiary/aromatic N) is 3. The van der Waals surface area contributed by atoms with Crippen molar-refractivity contribution >= 4 is 5.82 Å². The summed E-state index contributed by atoms with van der Waals surface area (Å²) in [4.78, 5) is 9.04. The number of piperazine rings is 1. The summed E-state index contributed by atoms with van der Waals surface area (Å²) in [6.07, 6.45) is 2.23. The predicted molar refractivity (Wildman–Crippen MR) is 72.6 cm³/mol.